The zero-order chi connectivity index (χ0) is 24.8. The summed E-state index contributed by atoms with van der Waals surface area (Å²) in [6.07, 6.45) is 2.24. The van der Waals surface area contributed by atoms with E-state index in [0.29, 0.717) is 45.2 Å². The number of rotatable bonds is 9. The summed E-state index contributed by atoms with van der Waals surface area (Å²) in [5.41, 5.74) is 0.955. The van der Waals surface area contributed by atoms with Crippen LogP contribution in [0.4, 0.5) is 4.79 Å². The van der Waals surface area contributed by atoms with Gasteiger partial charge in [-0.05, 0) is 63.8 Å². The van der Waals surface area contributed by atoms with E-state index in [-0.39, 0.29) is 12.1 Å². The molecule has 4 amide bonds. The van der Waals surface area contributed by atoms with Crippen LogP contribution < -0.4 is 24.3 Å². The fourth-order valence-corrected chi connectivity index (χ4v) is 3.97. The molecular formula is C24H25BrN2O7. The quantitative estimate of drug-likeness (QED) is 0.385. The monoisotopic (exact) mass is 532 g/mol. The Morgan fingerprint density at radius 2 is 1.71 bits per heavy atom. The minimum atomic E-state index is -0.800. The molecule has 1 aliphatic rings. The van der Waals surface area contributed by atoms with Gasteiger partial charge < -0.3 is 18.9 Å². The van der Waals surface area contributed by atoms with Crippen molar-refractivity contribution in [2.24, 2.45) is 0 Å². The van der Waals surface area contributed by atoms with Crippen LogP contribution in [0.15, 0.2) is 40.4 Å². The van der Waals surface area contributed by atoms with Crippen molar-refractivity contribution >= 4 is 39.9 Å². The highest BCUT2D eigenvalue weighted by atomic mass is 79.9. The molecule has 2 aromatic carbocycles. The molecule has 1 aliphatic heterocycles. The number of nitrogens with one attached hydrogen (secondary N) is 1. The Labute approximate surface area is 205 Å². The van der Waals surface area contributed by atoms with Crippen LogP contribution in [0.1, 0.15) is 24.5 Å². The first kappa shape index (κ1) is 25.1. The molecule has 0 aliphatic carbocycles. The standard InChI is InChI=1S/C24H25BrN2O7/c1-5-8-34-18-7-6-14(11-19(18)31-2)13-27-23(29)16(22(28)26-24(27)30)9-15-10-17(25)21(33-4)20(12-15)32-3/h6-7,9-12H,5,8,13H2,1-4H3,(H,26,28,30)/b16-9+. The Hall–Kier alpha value is -3.53. The van der Waals surface area contributed by atoms with Gasteiger partial charge in [0, 0.05) is 0 Å². The molecule has 0 spiro atoms. The molecule has 0 radical (unpaired) electrons. The molecule has 180 valence electrons. The minimum absolute atomic E-state index is 0.0602. The van der Waals surface area contributed by atoms with E-state index in [9.17, 15) is 14.4 Å². The Balaban J connectivity index is 1.90. The van der Waals surface area contributed by atoms with E-state index in [1.54, 1.807) is 30.3 Å². The molecule has 0 unspecified atom stereocenters. The molecule has 0 atom stereocenters. The number of benzene rings is 2. The van der Waals surface area contributed by atoms with Crippen LogP contribution in [0.2, 0.25) is 0 Å². The van der Waals surface area contributed by atoms with E-state index in [1.807, 2.05) is 6.92 Å². The molecule has 0 bridgehead atoms. The van der Waals surface area contributed by atoms with E-state index < -0.39 is 17.8 Å². The van der Waals surface area contributed by atoms with Crippen molar-refractivity contribution < 1.29 is 33.3 Å². The normalized spacial score (nSPS) is 14.8. The van der Waals surface area contributed by atoms with Gasteiger partial charge in [-0.2, -0.15) is 0 Å². The predicted octanol–water partition coefficient (Wildman–Crippen LogP) is 3.93. The zero-order valence-corrected chi connectivity index (χ0v) is 20.9. The largest absolute Gasteiger partial charge is 0.493 e. The number of imide groups is 2. The van der Waals surface area contributed by atoms with Gasteiger partial charge in [0.05, 0.1) is 39.0 Å². The molecule has 9 nitrogen and oxygen atoms in total. The van der Waals surface area contributed by atoms with Gasteiger partial charge in [0.15, 0.2) is 23.0 Å². The predicted molar refractivity (Wildman–Crippen MR) is 128 cm³/mol. The van der Waals surface area contributed by atoms with Crippen LogP contribution in [0.5, 0.6) is 23.0 Å². The topological polar surface area (TPSA) is 103 Å². The molecular weight excluding hydrogens is 508 g/mol. The summed E-state index contributed by atoms with van der Waals surface area (Å²) in [5, 5.41) is 2.22. The Kier molecular flexibility index (Phi) is 8.17. The van der Waals surface area contributed by atoms with Gasteiger partial charge in [0.25, 0.3) is 11.8 Å². The summed E-state index contributed by atoms with van der Waals surface area (Å²) in [5.74, 6) is 0.442. The van der Waals surface area contributed by atoms with E-state index in [0.717, 1.165) is 11.3 Å². The van der Waals surface area contributed by atoms with Crippen LogP contribution in [0, 0.1) is 0 Å². The van der Waals surface area contributed by atoms with Gasteiger partial charge in [0.1, 0.15) is 5.57 Å². The van der Waals surface area contributed by atoms with Crippen molar-refractivity contribution in [3.63, 3.8) is 0 Å². The van der Waals surface area contributed by atoms with E-state index >= 15 is 0 Å². The first-order valence-electron chi connectivity index (χ1n) is 10.4. The van der Waals surface area contributed by atoms with E-state index in [1.165, 1.54) is 27.4 Å². The van der Waals surface area contributed by atoms with Crippen molar-refractivity contribution in [3.05, 3.63) is 51.5 Å². The SMILES string of the molecule is CCCOc1ccc(CN2C(=O)NC(=O)/C(=C\c3cc(Br)c(OC)c(OC)c3)C2=O)cc1OC. The number of barbiturate groups is 1. The molecule has 1 N–H and O–H groups in total. The number of halogens is 1. The number of carbonyl (C=O) groups excluding carboxylic acids is 3. The van der Waals surface area contributed by atoms with Gasteiger partial charge in [0.2, 0.25) is 0 Å². The lowest BCUT2D eigenvalue weighted by Gasteiger charge is -2.26. The lowest BCUT2D eigenvalue weighted by molar-refractivity contribution is -0.130. The number of carbonyl (C=O) groups is 3. The van der Waals surface area contributed by atoms with Crippen molar-refractivity contribution in [2.75, 3.05) is 27.9 Å². The number of amides is 4. The third-order valence-corrected chi connectivity index (χ3v) is 5.57. The second-order valence-electron chi connectivity index (χ2n) is 7.28. The average molecular weight is 533 g/mol. The number of hydrogen-bond donors (Lipinski definition) is 1. The van der Waals surface area contributed by atoms with Crippen molar-refractivity contribution in [2.45, 2.75) is 19.9 Å². The molecule has 2 aromatic rings. The first-order chi connectivity index (χ1) is 16.3. The molecule has 1 heterocycles. The maximum atomic E-state index is 13.1. The number of ether oxygens (including phenoxy) is 4. The van der Waals surface area contributed by atoms with Gasteiger partial charge in [-0.25, -0.2) is 4.79 Å². The van der Waals surface area contributed by atoms with Crippen LogP contribution in [0.25, 0.3) is 6.08 Å². The Morgan fingerprint density at radius 3 is 2.35 bits per heavy atom. The number of methoxy groups -OCH3 is 3. The maximum absolute atomic E-state index is 13.1. The smallest absolute Gasteiger partial charge is 0.331 e. The fourth-order valence-electron chi connectivity index (χ4n) is 3.35. The Morgan fingerprint density at radius 1 is 0.971 bits per heavy atom. The second-order valence-corrected chi connectivity index (χ2v) is 8.13. The molecule has 1 fully saturated rings. The number of hydrogen-bond acceptors (Lipinski definition) is 7. The molecule has 10 heteroatoms. The van der Waals surface area contributed by atoms with Crippen molar-refractivity contribution in [3.8, 4) is 23.0 Å². The Bertz CT molecular complexity index is 1150. The maximum Gasteiger partial charge on any atom is 0.331 e. The van der Waals surface area contributed by atoms with Gasteiger partial charge in [-0.3, -0.25) is 19.8 Å². The summed E-state index contributed by atoms with van der Waals surface area (Å²) >= 11 is 3.39. The number of urea groups is 1. The number of nitrogens with zero attached hydrogens (tertiary/aromatic N) is 1. The summed E-state index contributed by atoms with van der Waals surface area (Å²) in [4.78, 5) is 39.0. The highest BCUT2D eigenvalue weighted by Gasteiger charge is 2.36. The molecule has 3 rings (SSSR count). The van der Waals surface area contributed by atoms with Crippen molar-refractivity contribution in [1.82, 2.24) is 10.2 Å². The second kappa shape index (κ2) is 11.1. The first-order valence-corrected chi connectivity index (χ1v) is 11.2. The highest BCUT2D eigenvalue weighted by molar-refractivity contribution is 9.10. The third kappa shape index (κ3) is 5.33. The van der Waals surface area contributed by atoms with Crippen LogP contribution in [-0.4, -0.2) is 50.7 Å². The summed E-state index contributed by atoms with van der Waals surface area (Å²) in [6.45, 7) is 2.47. The fraction of sp³-hybridized carbons (Fsp3) is 0.292. The van der Waals surface area contributed by atoms with Gasteiger partial charge in [-0.1, -0.05) is 13.0 Å². The van der Waals surface area contributed by atoms with Crippen LogP contribution >= 0.6 is 15.9 Å². The third-order valence-electron chi connectivity index (χ3n) is 4.98. The zero-order valence-electron chi connectivity index (χ0n) is 19.3. The van der Waals surface area contributed by atoms with E-state index in [4.69, 9.17) is 18.9 Å². The molecule has 34 heavy (non-hydrogen) atoms. The van der Waals surface area contributed by atoms with E-state index in [2.05, 4.69) is 21.2 Å². The molecule has 1 saturated heterocycles. The minimum Gasteiger partial charge on any atom is -0.493 e. The van der Waals surface area contributed by atoms with Crippen LogP contribution in [-0.2, 0) is 16.1 Å². The van der Waals surface area contributed by atoms with Crippen molar-refractivity contribution in [1.29, 1.82) is 0 Å². The van der Waals surface area contributed by atoms with Crippen LogP contribution in [0.3, 0.4) is 0 Å². The summed E-state index contributed by atoms with van der Waals surface area (Å²) < 4.78 is 22.2. The molecule has 0 saturated carbocycles. The lowest BCUT2D eigenvalue weighted by atomic mass is 10.1. The summed E-state index contributed by atoms with van der Waals surface area (Å²) in [7, 11) is 4.49. The summed E-state index contributed by atoms with van der Waals surface area (Å²) in [6, 6.07) is 7.65. The van der Waals surface area contributed by atoms with Gasteiger partial charge >= 0.3 is 6.03 Å². The van der Waals surface area contributed by atoms with Gasteiger partial charge in [-0.15, -0.1) is 0 Å². The average Bonchev–Trinajstić information content (AvgIpc) is 2.82. The lowest BCUT2D eigenvalue weighted by Crippen LogP contribution is -2.53. The highest BCUT2D eigenvalue weighted by Crippen LogP contribution is 2.37. The molecule has 0 aromatic heterocycles.